The minimum absolute atomic E-state index is 0.194. The molecule has 2 aromatic heterocycles. The number of tetrazole rings is 1. The van der Waals surface area contributed by atoms with Gasteiger partial charge < -0.3 is 4.42 Å². The molecule has 0 bridgehead atoms. The van der Waals surface area contributed by atoms with E-state index in [1.165, 1.54) is 17.8 Å². The Labute approximate surface area is 137 Å². The second kappa shape index (κ2) is 5.81. The lowest BCUT2D eigenvalue weighted by Gasteiger charge is -2.19. The fourth-order valence-electron chi connectivity index (χ4n) is 2.29. The fraction of sp³-hybridized carbons (Fsp3) is 0.375. The van der Waals surface area contributed by atoms with Crippen LogP contribution in [0.25, 0.3) is 11.0 Å². The van der Waals surface area contributed by atoms with E-state index in [1.54, 1.807) is 4.68 Å². The van der Waals surface area contributed by atoms with E-state index in [9.17, 15) is 4.79 Å². The second-order valence-electron chi connectivity index (χ2n) is 6.42. The zero-order valence-corrected chi connectivity index (χ0v) is 14.3. The van der Waals surface area contributed by atoms with E-state index in [1.807, 2.05) is 45.9 Å². The number of hydrogen-bond acceptors (Lipinski definition) is 6. The molecule has 0 fully saturated rings. The Kier molecular flexibility index (Phi) is 3.97. The smallest absolute Gasteiger partial charge is 0.336 e. The van der Waals surface area contributed by atoms with Crippen LogP contribution in [0.15, 0.2) is 38.6 Å². The van der Waals surface area contributed by atoms with Crippen LogP contribution >= 0.6 is 11.8 Å². The Morgan fingerprint density at radius 2 is 2.04 bits per heavy atom. The van der Waals surface area contributed by atoms with E-state index in [0.717, 1.165) is 21.7 Å². The number of fused-ring (bicyclic) bond motifs is 1. The van der Waals surface area contributed by atoms with Gasteiger partial charge in [-0.3, -0.25) is 0 Å². The van der Waals surface area contributed by atoms with Gasteiger partial charge in [-0.1, -0.05) is 23.9 Å². The van der Waals surface area contributed by atoms with Crippen LogP contribution in [0.1, 0.15) is 31.9 Å². The standard InChI is InChI=1S/C16H18N4O2S/c1-10-5-6-12-11(8-14(21)22-13(12)7-10)9-23-15-17-18-19-20(15)16(2,3)4/h5-8H,9H2,1-4H3. The molecule has 0 atom stereocenters. The third-order valence-corrected chi connectivity index (χ3v) is 4.39. The van der Waals surface area contributed by atoms with Gasteiger partial charge in [-0.25, -0.2) is 9.48 Å². The van der Waals surface area contributed by atoms with Crippen molar-refractivity contribution in [3.8, 4) is 0 Å². The molecule has 2 heterocycles. The third kappa shape index (κ3) is 3.29. The molecular weight excluding hydrogens is 312 g/mol. The first-order valence-electron chi connectivity index (χ1n) is 7.29. The molecule has 3 aromatic rings. The highest BCUT2D eigenvalue weighted by atomic mass is 32.2. The lowest BCUT2D eigenvalue weighted by molar-refractivity contribution is 0.321. The summed E-state index contributed by atoms with van der Waals surface area (Å²) in [5.74, 6) is 0.599. The van der Waals surface area contributed by atoms with Gasteiger partial charge >= 0.3 is 5.63 Å². The highest BCUT2D eigenvalue weighted by Gasteiger charge is 2.20. The lowest BCUT2D eigenvalue weighted by Crippen LogP contribution is -2.24. The molecule has 0 saturated heterocycles. The summed E-state index contributed by atoms with van der Waals surface area (Å²) in [5.41, 5.74) is 2.06. The quantitative estimate of drug-likeness (QED) is 0.542. The average Bonchev–Trinajstić information content (AvgIpc) is 2.92. The summed E-state index contributed by atoms with van der Waals surface area (Å²) in [6, 6.07) is 7.41. The Morgan fingerprint density at radius 1 is 1.26 bits per heavy atom. The lowest BCUT2D eigenvalue weighted by atomic mass is 10.1. The number of aryl methyl sites for hydroxylation is 1. The summed E-state index contributed by atoms with van der Waals surface area (Å²) in [5, 5.41) is 13.5. The first-order chi connectivity index (χ1) is 10.8. The van der Waals surface area contributed by atoms with Crippen LogP contribution in [-0.4, -0.2) is 20.2 Å². The van der Waals surface area contributed by atoms with Gasteiger partial charge in [0.15, 0.2) is 0 Å². The number of nitrogens with zero attached hydrogens (tertiary/aromatic N) is 4. The molecule has 0 aliphatic carbocycles. The van der Waals surface area contributed by atoms with E-state index in [-0.39, 0.29) is 11.2 Å². The van der Waals surface area contributed by atoms with E-state index in [2.05, 4.69) is 15.5 Å². The molecular formula is C16H18N4O2S. The summed E-state index contributed by atoms with van der Waals surface area (Å²) in [6.45, 7) is 8.10. The van der Waals surface area contributed by atoms with Crippen molar-refractivity contribution in [1.29, 1.82) is 0 Å². The molecule has 0 unspecified atom stereocenters. The molecule has 3 rings (SSSR count). The summed E-state index contributed by atoms with van der Waals surface area (Å²) in [6.07, 6.45) is 0. The third-order valence-electron chi connectivity index (χ3n) is 3.42. The molecule has 7 heteroatoms. The molecule has 0 aliphatic rings. The summed E-state index contributed by atoms with van der Waals surface area (Å²) in [7, 11) is 0. The molecule has 0 spiro atoms. The van der Waals surface area contributed by atoms with Gasteiger partial charge in [-0.05, 0) is 55.3 Å². The average molecular weight is 330 g/mol. The van der Waals surface area contributed by atoms with Crippen molar-refractivity contribution >= 4 is 22.7 Å². The molecule has 1 aromatic carbocycles. The van der Waals surface area contributed by atoms with Gasteiger partial charge in [-0.2, -0.15) is 0 Å². The monoisotopic (exact) mass is 330 g/mol. The zero-order valence-electron chi connectivity index (χ0n) is 13.5. The maximum atomic E-state index is 11.8. The molecule has 120 valence electrons. The Morgan fingerprint density at radius 3 is 2.78 bits per heavy atom. The van der Waals surface area contributed by atoms with Crippen molar-refractivity contribution in [2.75, 3.05) is 0 Å². The zero-order chi connectivity index (χ0) is 16.6. The minimum Gasteiger partial charge on any atom is -0.423 e. The number of aromatic nitrogens is 4. The van der Waals surface area contributed by atoms with Crippen LogP contribution in [0.3, 0.4) is 0 Å². The van der Waals surface area contributed by atoms with E-state index in [0.29, 0.717) is 11.3 Å². The highest BCUT2D eigenvalue weighted by Crippen LogP contribution is 2.27. The van der Waals surface area contributed by atoms with Crippen molar-refractivity contribution in [3.05, 3.63) is 45.8 Å². The highest BCUT2D eigenvalue weighted by molar-refractivity contribution is 7.98. The summed E-state index contributed by atoms with van der Waals surface area (Å²) >= 11 is 1.51. The van der Waals surface area contributed by atoms with Crippen LogP contribution in [-0.2, 0) is 11.3 Å². The van der Waals surface area contributed by atoms with Crippen LogP contribution < -0.4 is 5.63 Å². The maximum absolute atomic E-state index is 11.8. The van der Waals surface area contributed by atoms with Gasteiger partial charge in [0.1, 0.15) is 5.58 Å². The van der Waals surface area contributed by atoms with Crippen molar-refractivity contribution in [2.45, 2.75) is 44.1 Å². The molecule has 0 radical (unpaired) electrons. The van der Waals surface area contributed by atoms with Gasteiger partial charge in [-0.15, -0.1) is 5.10 Å². The number of hydrogen-bond donors (Lipinski definition) is 0. The van der Waals surface area contributed by atoms with Crippen LogP contribution in [0.2, 0.25) is 0 Å². The molecule has 0 amide bonds. The predicted octanol–water partition coefficient (Wildman–Crippen LogP) is 3.14. The first-order valence-corrected chi connectivity index (χ1v) is 8.28. The van der Waals surface area contributed by atoms with E-state index >= 15 is 0 Å². The summed E-state index contributed by atoms with van der Waals surface area (Å²) < 4.78 is 7.07. The topological polar surface area (TPSA) is 73.8 Å². The van der Waals surface area contributed by atoms with E-state index in [4.69, 9.17) is 4.42 Å². The minimum atomic E-state index is -0.339. The normalized spacial score (nSPS) is 12.0. The van der Waals surface area contributed by atoms with Crippen molar-refractivity contribution in [3.63, 3.8) is 0 Å². The number of benzene rings is 1. The second-order valence-corrected chi connectivity index (χ2v) is 7.37. The van der Waals surface area contributed by atoms with Gasteiger partial charge in [0.25, 0.3) is 0 Å². The van der Waals surface area contributed by atoms with Crippen molar-refractivity contribution < 1.29 is 4.42 Å². The Balaban J connectivity index is 1.94. The Bertz CT molecular complexity index is 908. The number of rotatable bonds is 3. The predicted molar refractivity (Wildman–Crippen MR) is 89.6 cm³/mol. The molecule has 23 heavy (non-hydrogen) atoms. The maximum Gasteiger partial charge on any atom is 0.336 e. The molecule has 0 N–H and O–H groups in total. The summed E-state index contributed by atoms with van der Waals surface area (Å²) in [4.78, 5) is 11.8. The molecule has 0 saturated carbocycles. The van der Waals surface area contributed by atoms with Crippen LogP contribution in [0.5, 0.6) is 0 Å². The Hall–Kier alpha value is -2.15. The van der Waals surface area contributed by atoms with E-state index < -0.39 is 0 Å². The molecule has 0 aliphatic heterocycles. The fourth-order valence-corrected chi connectivity index (χ4v) is 3.34. The van der Waals surface area contributed by atoms with Crippen LogP contribution in [0.4, 0.5) is 0 Å². The molecule has 6 nitrogen and oxygen atoms in total. The van der Waals surface area contributed by atoms with Gasteiger partial charge in [0, 0.05) is 17.2 Å². The first kappa shape index (κ1) is 15.7. The van der Waals surface area contributed by atoms with Crippen molar-refractivity contribution in [1.82, 2.24) is 20.2 Å². The number of thioether (sulfide) groups is 1. The van der Waals surface area contributed by atoms with Gasteiger partial charge in [0.05, 0.1) is 5.54 Å². The van der Waals surface area contributed by atoms with Crippen molar-refractivity contribution in [2.24, 2.45) is 0 Å². The van der Waals surface area contributed by atoms with Gasteiger partial charge in [0.2, 0.25) is 5.16 Å². The van der Waals surface area contributed by atoms with Crippen LogP contribution in [0, 0.1) is 6.92 Å². The largest absolute Gasteiger partial charge is 0.423 e. The SMILES string of the molecule is Cc1ccc2c(CSc3nnnn3C(C)(C)C)cc(=O)oc2c1.